The summed E-state index contributed by atoms with van der Waals surface area (Å²) < 4.78 is 0. The van der Waals surface area contributed by atoms with E-state index in [4.69, 9.17) is 0 Å². The molecule has 19 heavy (non-hydrogen) atoms. The summed E-state index contributed by atoms with van der Waals surface area (Å²) >= 11 is 0. The van der Waals surface area contributed by atoms with Gasteiger partial charge in [-0.3, -0.25) is 9.69 Å². The van der Waals surface area contributed by atoms with Crippen LogP contribution in [0.2, 0.25) is 0 Å². The number of hydrogen-bond donors (Lipinski definition) is 0. The van der Waals surface area contributed by atoms with E-state index in [0.717, 1.165) is 32.0 Å². The molecule has 0 aromatic carbocycles. The molecule has 2 fully saturated rings. The Morgan fingerprint density at radius 1 is 1.21 bits per heavy atom. The summed E-state index contributed by atoms with van der Waals surface area (Å²) in [6, 6.07) is 0.565. The van der Waals surface area contributed by atoms with Gasteiger partial charge in [0.1, 0.15) is 0 Å². The summed E-state index contributed by atoms with van der Waals surface area (Å²) in [6.45, 7) is 10.6. The molecule has 0 aromatic rings. The van der Waals surface area contributed by atoms with Gasteiger partial charge >= 0.3 is 0 Å². The number of nitrogens with zero attached hydrogens (tertiary/aromatic N) is 2. The van der Waals surface area contributed by atoms with Gasteiger partial charge in [-0.05, 0) is 57.0 Å². The highest BCUT2D eigenvalue weighted by Gasteiger charge is 2.33. The van der Waals surface area contributed by atoms with Crippen LogP contribution in [0.3, 0.4) is 0 Å². The maximum atomic E-state index is 12.5. The van der Waals surface area contributed by atoms with E-state index in [1.807, 2.05) is 0 Å². The zero-order valence-electron chi connectivity index (χ0n) is 12.9. The van der Waals surface area contributed by atoms with Gasteiger partial charge in [0.25, 0.3) is 0 Å². The molecule has 1 saturated carbocycles. The van der Waals surface area contributed by atoms with Crippen molar-refractivity contribution in [1.29, 1.82) is 0 Å². The first-order chi connectivity index (χ1) is 9.06. The van der Waals surface area contributed by atoms with Gasteiger partial charge in [0.15, 0.2) is 0 Å². The SMILES string of the molecule is CC(C)CCN(C(=O)CN1CCC(C)CC1)C1CC1. The fourth-order valence-corrected chi connectivity index (χ4v) is 2.80. The van der Waals surface area contributed by atoms with Crippen molar-refractivity contribution in [2.75, 3.05) is 26.2 Å². The molecule has 110 valence electrons. The number of rotatable bonds is 6. The molecule has 0 radical (unpaired) electrons. The zero-order chi connectivity index (χ0) is 13.8. The van der Waals surface area contributed by atoms with Gasteiger partial charge in [0.2, 0.25) is 5.91 Å². The highest BCUT2D eigenvalue weighted by atomic mass is 16.2. The van der Waals surface area contributed by atoms with E-state index in [-0.39, 0.29) is 0 Å². The highest BCUT2D eigenvalue weighted by molar-refractivity contribution is 5.79. The molecule has 1 saturated heterocycles. The van der Waals surface area contributed by atoms with E-state index < -0.39 is 0 Å². The second-order valence-corrected chi connectivity index (χ2v) is 6.96. The third-order valence-electron chi connectivity index (χ3n) is 4.49. The van der Waals surface area contributed by atoms with E-state index >= 15 is 0 Å². The topological polar surface area (TPSA) is 23.6 Å². The predicted octanol–water partition coefficient (Wildman–Crippen LogP) is 2.76. The summed E-state index contributed by atoms with van der Waals surface area (Å²) in [7, 11) is 0. The van der Waals surface area contributed by atoms with Crippen LogP contribution in [0.15, 0.2) is 0 Å². The van der Waals surface area contributed by atoms with E-state index in [9.17, 15) is 4.79 Å². The van der Waals surface area contributed by atoms with Crippen molar-refractivity contribution in [3.63, 3.8) is 0 Å². The van der Waals surface area contributed by atoms with E-state index in [2.05, 4.69) is 30.6 Å². The van der Waals surface area contributed by atoms with E-state index in [1.165, 1.54) is 25.7 Å². The van der Waals surface area contributed by atoms with Crippen molar-refractivity contribution in [3.8, 4) is 0 Å². The van der Waals surface area contributed by atoms with Crippen molar-refractivity contribution in [1.82, 2.24) is 9.80 Å². The summed E-state index contributed by atoms with van der Waals surface area (Å²) in [4.78, 5) is 17.0. The third kappa shape index (κ3) is 4.79. The first-order valence-corrected chi connectivity index (χ1v) is 8.08. The molecule has 1 aliphatic carbocycles. The minimum absolute atomic E-state index is 0.373. The molecule has 1 heterocycles. The Morgan fingerprint density at radius 3 is 2.37 bits per heavy atom. The summed E-state index contributed by atoms with van der Waals surface area (Å²) in [5, 5.41) is 0. The molecule has 0 spiro atoms. The first kappa shape index (κ1) is 14.8. The van der Waals surface area contributed by atoms with E-state index in [0.29, 0.717) is 24.4 Å². The monoisotopic (exact) mass is 266 g/mol. The van der Waals surface area contributed by atoms with Crippen LogP contribution in [0.25, 0.3) is 0 Å². The Morgan fingerprint density at radius 2 is 1.84 bits per heavy atom. The van der Waals surface area contributed by atoms with Crippen LogP contribution >= 0.6 is 0 Å². The van der Waals surface area contributed by atoms with Gasteiger partial charge in [-0.1, -0.05) is 20.8 Å². The number of carbonyl (C=O) groups excluding carboxylic acids is 1. The average molecular weight is 266 g/mol. The van der Waals surface area contributed by atoms with Crippen molar-refractivity contribution in [3.05, 3.63) is 0 Å². The molecule has 0 aromatic heterocycles. The highest BCUT2D eigenvalue weighted by Crippen LogP contribution is 2.28. The molecular weight excluding hydrogens is 236 g/mol. The molecule has 0 bridgehead atoms. The molecule has 2 rings (SSSR count). The second kappa shape index (κ2) is 6.74. The van der Waals surface area contributed by atoms with Crippen LogP contribution in [0.5, 0.6) is 0 Å². The fourth-order valence-electron chi connectivity index (χ4n) is 2.80. The van der Waals surface area contributed by atoms with Crippen LogP contribution in [-0.2, 0) is 4.79 Å². The normalized spacial score (nSPS) is 21.9. The van der Waals surface area contributed by atoms with Gasteiger partial charge in [-0.2, -0.15) is 0 Å². The molecule has 3 nitrogen and oxygen atoms in total. The van der Waals surface area contributed by atoms with Crippen LogP contribution < -0.4 is 0 Å². The van der Waals surface area contributed by atoms with Crippen molar-refractivity contribution in [2.24, 2.45) is 11.8 Å². The summed E-state index contributed by atoms with van der Waals surface area (Å²) in [5.41, 5.74) is 0. The number of carbonyl (C=O) groups is 1. The molecule has 2 aliphatic rings. The Bertz CT molecular complexity index is 291. The second-order valence-electron chi connectivity index (χ2n) is 6.96. The Balaban J connectivity index is 1.78. The van der Waals surface area contributed by atoms with Crippen molar-refractivity contribution < 1.29 is 4.79 Å². The van der Waals surface area contributed by atoms with Gasteiger partial charge in [0.05, 0.1) is 6.54 Å². The van der Waals surface area contributed by atoms with Gasteiger partial charge in [0, 0.05) is 12.6 Å². The standard InChI is InChI=1S/C16H30N2O/c1-13(2)6-11-18(15-4-5-15)16(19)12-17-9-7-14(3)8-10-17/h13-15H,4-12H2,1-3H3. The zero-order valence-corrected chi connectivity index (χ0v) is 12.9. The average Bonchev–Trinajstić information content (AvgIpc) is 3.16. The van der Waals surface area contributed by atoms with Crippen LogP contribution in [0.1, 0.15) is 52.9 Å². The van der Waals surface area contributed by atoms with Crippen molar-refractivity contribution in [2.45, 2.75) is 58.9 Å². The van der Waals surface area contributed by atoms with E-state index in [1.54, 1.807) is 0 Å². The molecule has 0 N–H and O–H groups in total. The lowest BCUT2D eigenvalue weighted by molar-refractivity contribution is -0.133. The molecule has 1 amide bonds. The Labute approximate surface area is 118 Å². The van der Waals surface area contributed by atoms with Gasteiger partial charge in [-0.25, -0.2) is 0 Å². The van der Waals surface area contributed by atoms with Gasteiger partial charge in [-0.15, -0.1) is 0 Å². The largest absolute Gasteiger partial charge is 0.339 e. The maximum absolute atomic E-state index is 12.5. The molecular formula is C16H30N2O. The molecule has 0 atom stereocenters. The Hall–Kier alpha value is -0.570. The third-order valence-corrected chi connectivity index (χ3v) is 4.49. The number of hydrogen-bond acceptors (Lipinski definition) is 2. The quantitative estimate of drug-likeness (QED) is 0.738. The van der Waals surface area contributed by atoms with Crippen molar-refractivity contribution >= 4 is 5.91 Å². The number of likely N-dealkylation sites (tertiary alicyclic amines) is 1. The lowest BCUT2D eigenvalue weighted by atomic mass is 9.99. The Kier molecular flexibility index (Phi) is 5.26. The number of amides is 1. The molecule has 0 unspecified atom stereocenters. The first-order valence-electron chi connectivity index (χ1n) is 8.08. The number of piperidine rings is 1. The fraction of sp³-hybridized carbons (Fsp3) is 0.938. The summed E-state index contributed by atoms with van der Waals surface area (Å²) in [6.07, 6.45) is 6.09. The molecule has 1 aliphatic heterocycles. The van der Waals surface area contributed by atoms with Crippen LogP contribution in [-0.4, -0.2) is 47.9 Å². The van der Waals surface area contributed by atoms with Crippen LogP contribution in [0.4, 0.5) is 0 Å². The molecule has 3 heteroatoms. The predicted molar refractivity (Wildman–Crippen MR) is 79.0 cm³/mol. The summed E-state index contributed by atoms with van der Waals surface area (Å²) in [5.74, 6) is 1.90. The minimum Gasteiger partial charge on any atom is -0.339 e. The van der Waals surface area contributed by atoms with Gasteiger partial charge < -0.3 is 4.90 Å². The minimum atomic E-state index is 0.373. The lowest BCUT2D eigenvalue weighted by Gasteiger charge is -2.32. The lowest BCUT2D eigenvalue weighted by Crippen LogP contribution is -2.44. The smallest absolute Gasteiger partial charge is 0.236 e. The van der Waals surface area contributed by atoms with Crippen LogP contribution in [0, 0.1) is 11.8 Å². The maximum Gasteiger partial charge on any atom is 0.236 e.